The number of hydrogen-bond donors (Lipinski definition) is 4. The largest absolute Gasteiger partial charge is 0.445 e. The van der Waals surface area contributed by atoms with Gasteiger partial charge in [-0.25, -0.2) is 9.78 Å². The van der Waals surface area contributed by atoms with Crippen molar-refractivity contribution < 1.29 is 14.3 Å². The van der Waals surface area contributed by atoms with Crippen LogP contribution in [0.2, 0.25) is 0 Å². The third kappa shape index (κ3) is 7.05. The summed E-state index contributed by atoms with van der Waals surface area (Å²) in [6, 6.07) is 19.1. The Labute approximate surface area is 209 Å². The number of amides is 2. The number of nitrogens with two attached hydrogens (primary N) is 1. The summed E-state index contributed by atoms with van der Waals surface area (Å²) in [4.78, 5) is 31.5. The van der Waals surface area contributed by atoms with Gasteiger partial charge >= 0.3 is 6.09 Å². The quantitative estimate of drug-likeness (QED) is 0.212. The molecule has 9 heteroatoms. The maximum Gasteiger partial charge on any atom is 0.408 e. The highest BCUT2D eigenvalue weighted by molar-refractivity contribution is 5.73. The van der Waals surface area contributed by atoms with Crippen LogP contribution in [-0.4, -0.2) is 32.2 Å². The molecule has 2 aromatic carbocycles. The van der Waals surface area contributed by atoms with Gasteiger partial charge in [0.15, 0.2) is 0 Å². The van der Waals surface area contributed by atoms with Crippen molar-refractivity contribution in [1.82, 2.24) is 25.5 Å². The molecular formula is C27H30N6O3. The van der Waals surface area contributed by atoms with Crippen molar-refractivity contribution >= 4 is 12.0 Å². The molecular weight excluding hydrogens is 456 g/mol. The molecule has 1 atom stereocenters. The van der Waals surface area contributed by atoms with Crippen molar-refractivity contribution in [3.63, 3.8) is 0 Å². The van der Waals surface area contributed by atoms with Gasteiger partial charge in [0.2, 0.25) is 5.91 Å². The molecule has 0 radical (unpaired) electrons. The van der Waals surface area contributed by atoms with Crippen LogP contribution in [0.5, 0.6) is 0 Å². The predicted molar refractivity (Wildman–Crippen MR) is 136 cm³/mol. The monoisotopic (exact) mass is 486 g/mol. The lowest BCUT2D eigenvalue weighted by atomic mass is 10.1. The van der Waals surface area contributed by atoms with E-state index in [2.05, 4.69) is 25.5 Å². The minimum Gasteiger partial charge on any atom is -0.445 e. The van der Waals surface area contributed by atoms with Gasteiger partial charge in [-0.05, 0) is 35.6 Å². The van der Waals surface area contributed by atoms with Crippen molar-refractivity contribution in [3.8, 4) is 22.5 Å². The fraction of sp³-hybridized carbons (Fsp3) is 0.259. The number of unbranched alkanes of at least 4 members (excludes halogenated alkanes) is 2. The Bertz CT molecular complexity index is 1240. The third-order valence-corrected chi connectivity index (χ3v) is 5.85. The summed E-state index contributed by atoms with van der Waals surface area (Å²) in [6.45, 7) is 0.185. The Hall–Kier alpha value is -4.40. The molecule has 5 N–H and O–H groups in total. The Kier molecular flexibility index (Phi) is 8.48. The number of primary amides is 1. The van der Waals surface area contributed by atoms with Crippen molar-refractivity contribution in [2.75, 3.05) is 0 Å². The molecule has 0 aliphatic carbocycles. The number of benzene rings is 2. The fourth-order valence-electron chi connectivity index (χ4n) is 3.92. The Balaban J connectivity index is 1.41. The molecule has 4 rings (SSSR count). The smallest absolute Gasteiger partial charge is 0.408 e. The van der Waals surface area contributed by atoms with E-state index < -0.39 is 6.09 Å². The van der Waals surface area contributed by atoms with E-state index >= 15 is 0 Å². The van der Waals surface area contributed by atoms with Crippen molar-refractivity contribution in [2.45, 2.75) is 44.8 Å². The minimum atomic E-state index is -0.511. The number of carbonyl (C=O) groups is 2. The lowest BCUT2D eigenvalue weighted by Crippen LogP contribution is -2.30. The van der Waals surface area contributed by atoms with Gasteiger partial charge in [0.25, 0.3) is 0 Å². The van der Waals surface area contributed by atoms with E-state index in [0.29, 0.717) is 25.1 Å². The number of imidazole rings is 1. The highest BCUT2D eigenvalue weighted by atomic mass is 16.5. The summed E-state index contributed by atoms with van der Waals surface area (Å²) in [5.41, 5.74) is 9.95. The highest BCUT2D eigenvalue weighted by Gasteiger charge is 2.19. The number of ether oxygens (including phenoxy) is 1. The second-order valence-corrected chi connectivity index (χ2v) is 8.55. The average molecular weight is 487 g/mol. The first-order chi connectivity index (χ1) is 17.6. The number of hydrogen-bond acceptors (Lipinski definition) is 5. The van der Waals surface area contributed by atoms with E-state index in [0.717, 1.165) is 40.9 Å². The van der Waals surface area contributed by atoms with Crippen LogP contribution < -0.4 is 11.1 Å². The molecule has 36 heavy (non-hydrogen) atoms. The van der Waals surface area contributed by atoms with Crippen LogP contribution in [0.15, 0.2) is 73.1 Å². The fourth-order valence-corrected chi connectivity index (χ4v) is 3.92. The number of carbonyl (C=O) groups excluding carboxylic acids is 2. The molecule has 2 heterocycles. The first kappa shape index (κ1) is 24.7. The summed E-state index contributed by atoms with van der Waals surface area (Å²) < 4.78 is 5.42. The van der Waals surface area contributed by atoms with Crippen LogP contribution in [0.4, 0.5) is 4.79 Å². The molecule has 4 aromatic rings. The van der Waals surface area contributed by atoms with Gasteiger partial charge in [0.1, 0.15) is 12.4 Å². The summed E-state index contributed by atoms with van der Waals surface area (Å²) in [7, 11) is 0. The molecule has 0 spiro atoms. The number of alkyl carbamates (subject to hydrolysis) is 1. The number of H-pyrrole nitrogens is 2. The molecule has 186 valence electrons. The SMILES string of the molecule is NC(=O)CCCCC[C@H](NC(=O)OCc1ccccc1)c1ncc(-c2ccc(-c3ccn[nH]3)cc2)[nH]1. The molecule has 9 nitrogen and oxygen atoms in total. The lowest BCUT2D eigenvalue weighted by molar-refractivity contribution is -0.118. The van der Waals surface area contributed by atoms with E-state index in [4.69, 9.17) is 10.5 Å². The highest BCUT2D eigenvalue weighted by Crippen LogP contribution is 2.25. The normalized spacial score (nSPS) is 11.7. The molecule has 0 bridgehead atoms. The minimum absolute atomic E-state index is 0.185. The summed E-state index contributed by atoms with van der Waals surface area (Å²) >= 11 is 0. The second kappa shape index (κ2) is 12.3. The lowest BCUT2D eigenvalue weighted by Gasteiger charge is -2.17. The summed E-state index contributed by atoms with van der Waals surface area (Å²) in [5.74, 6) is 0.345. The van der Waals surface area contributed by atoms with Crippen LogP contribution in [-0.2, 0) is 16.1 Å². The summed E-state index contributed by atoms with van der Waals surface area (Å²) in [6.07, 6.45) is 6.30. The number of rotatable bonds is 12. The predicted octanol–water partition coefficient (Wildman–Crippen LogP) is 4.87. The average Bonchev–Trinajstić information content (AvgIpc) is 3.60. The van der Waals surface area contributed by atoms with Gasteiger partial charge in [0.05, 0.1) is 23.6 Å². The zero-order valence-corrected chi connectivity index (χ0v) is 19.9. The molecule has 0 aliphatic rings. The second-order valence-electron chi connectivity index (χ2n) is 8.55. The molecule has 2 amide bonds. The number of aromatic nitrogens is 4. The van der Waals surface area contributed by atoms with Gasteiger partial charge in [-0.1, -0.05) is 67.4 Å². The maximum absolute atomic E-state index is 12.6. The molecule has 0 saturated heterocycles. The van der Waals surface area contributed by atoms with Crippen LogP contribution in [0.3, 0.4) is 0 Å². The standard InChI is InChI=1S/C27H30N6O3/c28-25(34)10-6-2-5-9-23(32-27(35)36-18-19-7-3-1-4-8-19)26-29-17-24(31-26)21-13-11-20(12-14-21)22-15-16-30-33-22/h1,3-4,7-8,11-17,23H,2,5-6,9-10,18H2,(H2,28,34)(H,29,31)(H,30,33)(H,32,35)/t23-/m0/s1. The summed E-state index contributed by atoms with van der Waals surface area (Å²) in [5, 5.41) is 9.89. The maximum atomic E-state index is 12.6. The van der Waals surface area contributed by atoms with E-state index in [1.165, 1.54) is 0 Å². The number of nitrogens with zero attached hydrogens (tertiary/aromatic N) is 2. The molecule has 0 unspecified atom stereocenters. The van der Waals surface area contributed by atoms with Crippen molar-refractivity contribution in [3.05, 3.63) is 84.4 Å². The first-order valence-electron chi connectivity index (χ1n) is 12.0. The van der Waals surface area contributed by atoms with E-state index in [-0.39, 0.29) is 18.6 Å². The Morgan fingerprint density at radius 2 is 1.69 bits per heavy atom. The molecule has 0 saturated carbocycles. The van der Waals surface area contributed by atoms with Crippen LogP contribution in [0, 0.1) is 0 Å². The van der Waals surface area contributed by atoms with Gasteiger partial charge in [-0.15, -0.1) is 0 Å². The molecule has 2 aromatic heterocycles. The van der Waals surface area contributed by atoms with Gasteiger partial charge in [0, 0.05) is 12.6 Å². The van der Waals surface area contributed by atoms with E-state index in [9.17, 15) is 9.59 Å². The zero-order chi connectivity index (χ0) is 25.2. The Morgan fingerprint density at radius 3 is 2.39 bits per heavy atom. The first-order valence-corrected chi connectivity index (χ1v) is 12.0. The molecule has 0 fully saturated rings. The third-order valence-electron chi connectivity index (χ3n) is 5.85. The number of aromatic amines is 2. The van der Waals surface area contributed by atoms with Crippen LogP contribution in [0.1, 0.15) is 49.5 Å². The molecule has 0 aliphatic heterocycles. The van der Waals surface area contributed by atoms with Gasteiger partial charge in [-0.3, -0.25) is 9.89 Å². The van der Waals surface area contributed by atoms with Crippen molar-refractivity contribution in [2.24, 2.45) is 5.73 Å². The zero-order valence-electron chi connectivity index (χ0n) is 19.9. The van der Waals surface area contributed by atoms with E-state index in [1.807, 2.05) is 60.7 Å². The van der Waals surface area contributed by atoms with Crippen molar-refractivity contribution in [1.29, 1.82) is 0 Å². The van der Waals surface area contributed by atoms with Crippen LogP contribution in [0.25, 0.3) is 22.5 Å². The van der Waals surface area contributed by atoms with Gasteiger partial charge < -0.3 is 20.8 Å². The van der Waals surface area contributed by atoms with E-state index in [1.54, 1.807) is 12.4 Å². The van der Waals surface area contributed by atoms with Crippen LogP contribution >= 0.6 is 0 Å². The Morgan fingerprint density at radius 1 is 0.944 bits per heavy atom. The number of nitrogens with one attached hydrogen (secondary N) is 3. The topological polar surface area (TPSA) is 139 Å². The van der Waals surface area contributed by atoms with Gasteiger partial charge in [-0.2, -0.15) is 5.10 Å².